The Morgan fingerprint density at radius 2 is 1.50 bits per heavy atom. The molecule has 4 rings (SSSR count). The first-order chi connectivity index (χ1) is 13.3. The number of piperidine rings is 1. The molecule has 1 saturated heterocycles. The number of hydrogen-bond donors (Lipinski definition) is 2. The van der Waals surface area contributed by atoms with Crippen LogP contribution in [0.25, 0.3) is 0 Å². The van der Waals surface area contributed by atoms with E-state index >= 15 is 0 Å². The van der Waals surface area contributed by atoms with E-state index in [2.05, 4.69) is 36.9 Å². The van der Waals surface area contributed by atoms with Crippen LogP contribution in [0.15, 0.2) is 6.07 Å². The first-order valence-corrected chi connectivity index (χ1v) is 12.0. The van der Waals surface area contributed by atoms with Gasteiger partial charge in [-0.15, -0.1) is 0 Å². The number of urea groups is 1. The van der Waals surface area contributed by atoms with Crippen molar-refractivity contribution >= 4 is 21.9 Å². The number of hydrogen-bond acceptors (Lipinski definition) is 3. The molecule has 2 unspecified atom stereocenters. The number of aryl methyl sites for hydroxylation is 2. The highest BCUT2D eigenvalue weighted by molar-refractivity contribution is 7.87. The molecule has 6 nitrogen and oxygen atoms in total. The number of nitrogens with zero attached hydrogens (tertiary/aromatic N) is 1. The fourth-order valence-electron chi connectivity index (χ4n) is 5.09. The van der Waals surface area contributed by atoms with Crippen molar-refractivity contribution in [2.24, 2.45) is 17.8 Å². The molecule has 2 amide bonds. The Morgan fingerprint density at radius 3 is 2.04 bits per heavy atom. The number of rotatable bonds is 3. The maximum atomic E-state index is 12.8. The van der Waals surface area contributed by atoms with Gasteiger partial charge in [0.15, 0.2) is 0 Å². The Morgan fingerprint density at radius 1 is 0.964 bits per heavy atom. The van der Waals surface area contributed by atoms with Gasteiger partial charge in [-0.25, -0.2) is 9.52 Å². The smallest absolute Gasteiger partial charge is 0.307 e. The molecule has 0 radical (unpaired) electrons. The molecule has 3 aliphatic rings. The third kappa shape index (κ3) is 3.54. The van der Waals surface area contributed by atoms with Gasteiger partial charge in [0.2, 0.25) is 0 Å². The van der Waals surface area contributed by atoms with Gasteiger partial charge in [-0.2, -0.15) is 12.7 Å². The molecule has 2 aliphatic carbocycles. The van der Waals surface area contributed by atoms with Crippen molar-refractivity contribution < 1.29 is 13.2 Å². The second-order valence-corrected chi connectivity index (χ2v) is 10.6. The van der Waals surface area contributed by atoms with E-state index in [0.717, 1.165) is 44.2 Å². The molecule has 2 N–H and O–H groups in total. The molecule has 1 heterocycles. The Labute approximate surface area is 168 Å². The lowest BCUT2D eigenvalue weighted by atomic mass is 9.82. The summed E-state index contributed by atoms with van der Waals surface area (Å²) in [4.78, 5) is 12.7. The molecule has 28 heavy (non-hydrogen) atoms. The average Bonchev–Trinajstić information content (AvgIpc) is 3.27. The predicted octanol–water partition coefficient (Wildman–Crippen LogP) is 3.25. The number of carbonyl (C=O) groups excluding carboxylic acids is 1. The van der Waals surface area contributed by atoms with Gasteiger partial charge in [-0.1, -0.05) is 26.8 Å². The maximum absolute atomic E-state index is 12.8. The van der Waals surface area contributed by atoms with E-state index in [0.29, 0.717) is 19.0 Å². The highest BCUT2D eigenvalue weighted by atomic mass is 32.2. The molecule has 0 aromatic heterocycles. The Hall–Kier alpha value is -1.60. The number of fused-ring (bicyclic) bond motifs is 2. The van der Waals surface area contributed by atoms with Crippen molar-refractivity contribution in [2.75, 3.05) is 18.4 Å². The van der Waals surface area contributed by atoms with E-state index in [1.165, 1.54) is 26.6 Å². The molecule has 154 valence electrons. The fourth-order valence-corrected chi connectivity index (χ4v) is 6.37. The minimum absolute atomic E-state index is 0.268. The van der Waals surface area contributed by atoms with E-state index in [4.69, 9.17) is 0 Å². The van der Waals surface area contributed by atoms with Crippen molar-refractivity contribution in [1.29, 1.82) is 0 Å². The minimum atomic E-state index is -3.85. The lowest BCUT2D eigenvalue weighted by molar-refractivity contribution is 0.147. The van der Waals surface area contributed by atoms with Crippen LogP contribution in [-0.2, 0) is 35.9 Å². The van der Waals surface area contributed by atoms with Crippen molar-refractivity contribution in [2.45, 2.75) is 59.3 Å². The summed E-state index contributed by atoms with van der Waals surface area (Å²) in [5, 5.41) is 2.91. The topological polar surface area (TPSA) is 78.5 Å². The summed E-state index contributed by atoms with van der Waals surface area (Å²) in [6.45, 7) is 7.20. The molecular formula is C21H31N3O3S. The molecule has 1 aromatic rings. The van der Waals surface area contributed by atoms with Crippen LogP contribution < -0.4 is 10.0 Å². The van der Waals surface area contributed by atoms with Gasteiger partial charge in [-0.05, 0) is 78.5 Å². The van der Waals surface area contributed by atoms with Crippen molar-refractivity contribution in [3.63, 3.8) is 0 Å². The Kier molecular flexibility index (Phi) is 5.16. The fraction of sp³-hybridized carbons (Fsp3) is 0.667. The van der Waals surface area contributed by atoms with Crippen LogP contribution in [0.3, 0.4) is 0 Å². The van der Waals surface area contributed by atoms with Crippen LogP contribution in [0, 0.1) is 17.8 Å². The van der Waals surface area contributed by atoms with Crippen LogP contribution in [-0.4, -0.2) is 31.8 Å². The zero-order chi connectivity index (χ0) is 20.1. The number of amides is 2. The van der Waals surface area contributed by atoms with Gasteiger partial charge in [0.25, 0.3) is 0 Å². The normalized spacial score (nSPS) is 27.3. The SMILES string of the molecule is CC1CN(S(=O)(=O)NC(=O)Nc2c3c(cc4c2CCC4)CCC3)CC(C)C1C. The van der Waals surface area contributed by atoms with Crippen molar-refractivity contribution in [3.8, 4) is 0 Å². The van der Waals surface area contributed by atoms with Gasteiger partial charge in [0.1, 0.15) is 0 Å². The Bertz CT molecular complexity index is 852. The molecular weight excluding hydrogens is 374 g/mol. The van der Waals surface area contributed by atoms with E-state index in [9.17, 15) is 13.2 Å². The zero-order valence-corrected chi connectivity index (χ0v) is 17.9. The minimum Gasteiger partial charge on any atom is -0.307 e. The van der Waals surface area contributed by atoms with Crippen LogP contribution in [0.1, 0.15) is 55.9 Å². The van der Waals surface area contributed by atoms with Gasteiger partial charge in [-0.3, -0.25) is 0 Å². The molecule has 1 fully saturated rings. The molecule has 1 aromatic carbocycles. The first kappa shape index (κ1) is 19.7. The molecule has 7 heteroatoms. The highest BCUT2D eigenvalue weighted by Gasteiger charge is 2.36. The monoisotopic (exact) mass is 405 g/mol. The summed E-state index contributed by atoms with van der Waals surface area (Å²) >= 11 is 0. The quantitative estimate of drug-likeness (QED) is 0.810. The predicted molar refractivity (Wildman–Crippen MR) is 111 cm³/mol. The first-order valence-electron chi connectivity index (χ1n) is 10.5. The zero-order valence-electron chi connectivity index (χ0n) is 17.0. The molecule has 0 bridgehead atoms. The van der Waals surface area contributed by atoms with Gasteiger partial charge < -0.3 is 5.32 Å². The summed E-state index contributed by atoms with van der Waals surface area (Å²) < 4.78 is 29.3. The molecule has 2 atom stereocenters. The third-order valence-electron chi connectivity index (χ3n) is 7.05. The Balaban J connectivity index is 1.51. The lowest BCUT2D eigenvalue weighted by Crippen LogP contribution is -2.52. The van der Waals surface area contributed by atoms with E-state index in [1.807, 2.05) is 0 Å². The maximum Gasteiger partial charge on any atom is 0.333 e. The average molecular weight is 406 g/mol. The van der Waals surface area contributed by atoms with E-state index in [-0.39, 0.29) is 11.8 Å². The van der Waals surface area contributed by atoms with Crippen molar-refractivity contribution in [3.05, 3.63) is 28.3 Å². The third-order valence-corrected chi connectivity index (χ3v) is 8.47. The van der Waals surface area contributed by atoms with Gasteiger partial charge in [0.05, 0.1) is 0 Å². The number of carbonyl (C=O) groups is 1. The van der Waals surface area contributed by atoms with E-state index < -0.39 is 16.2 Å². The standard InChI is InChI=1S/C21H31N3O3S/c1-13-11-24(12-14(2)15(13)3)28(26,27)23-21(25)22-20-18-8-4-6-16(18)10-17-7-5-9-19(17)20/h10,13-15H,4-9,11-12H2,1-3H3,(H2,22,23,25). The van der Waals surface area contributed by atoms with Crippen LogP contribution >= 0.6 is 0 Å². The van der Waals surface area contributed by atoms with Crippen LogP contribution in [0.4, 0.5) is 10.5 Å². The number of benzene rings is 1. The summed E-state index contributed by atoms with van der Waals surface area (Å²) in [5.41, 5.74) is 5.88. The lowest BCUT2D eigenvalue weighted by Gasteiger charge is -2.38. The summed E-state index contributed by atoms with van der Waals surface area (Å²) in [6.07, 6.45) is 6.16. The van der Waals surface area contributed by atoms with Crippen LogP contribution in [0.5, 0.6) is 0 Å². The largest absolute Gasteiger partial charge is 0.333 e. The van der Waals surface area contributed by atoms with Crippen LogP contribution in [0.2, 0.25) is 0 Å². The second-order valence-electron chi connectivity index (χ2n) is 8.93. The summed E-state index contributed by atoms with van der Waals surface area (Å²) in [5.74, 6) is 1.00. The van der Waals surface area contributed by atoms with Gasteiger partial charge in [0, 0.05) is 18.8 Å². The van der Waals surface area contributed by atoms with Gasteiger partial charge >= 0.3 is 16.2 Å². The molecule has 1 aliphatic heterocycles. The number of nitrogens with one attached hydrogen (secondary N) is 2. The second kappa shape index (κ2) is 7.34. The molecule has 0 saturated carbocycles. The summed E-state index contributed by atoms with van der Waals surface area (Å²) in [6, 6.07) is 1.65. The number of anilines is 1. The highest BCUT2D eigenvalue weighted by Crippen LogP contribution is 2.38. The summed E-state index contributed by atoms with van der Waals surface area (Å²) in [7, 11) is -3.85. The molecule has 0 spiro atoms. The van der Waals surface area contributed by atoms with Crippen molar-refractivity contribution in [1.82, 2.24) is 9.03 Å². The van der Waals surface area contributed by atoms with E-state index in [1.54, 1.807) is 0 Å².